The molecular weight excluding hydrogens is 472 g/mol. The highest BCUT2D eigenvalue weighted by Gasteiger charge is 2.64. The number of hydrogen-bond donors (Lipinski definition) is 13. The highest BCUT2D eigenvalue weighted by atomic mass is 16.6. The van der Waals surface area contributed by atoms with E-state index in [1.165, 1.54) is 0 Å². The van der Waals surface area contributed by atoms with Crippen LogP contribution in [0.4, 0.5) is 0 Å². The summed E-state index contributed by atoms with van der Waals surface area (Å²) < 4.78 is 10.2. The topological polar surface area (TPSA) is 299 Å². The summed E-state index contributed by atoms with van der Waals surface area (Å²) in [6.45, 7) is -3.19. The summed E-state index contributed by atoms with van der Waals surface area (Å²) in [4.78, 5) is 13.4. The van der Waals surface area contributed by atoms with Gasteiger partial charge in [-0.15, -0.1) is 0 Å². The van der Waals surface area contributed by atoms with E-state index in [-0.39, 0.29) is 0 Å². The zero-order chi connectivity index (χ0) is 26.1. The summed E-state index contributed by atoms with van der Waals surface area (Å²) >= 11 is 0. The Morgan fingerprint density at radius 1 is 0.735 bits per heavy atom. The minimum atomic E-state index is -3.61. The van der Waals surface area contributed by atoms with Gasteiger partial charge in [-0.3, -0.25) is 4.79 Å². The second kappa shape index (κ2) is 11.4. The molecule has 14 atom stereocenters. The largest absolute Gasteiger partial charge is 0.394 e. The Balaban J connectivity index is 2.58. The van der Waals surface area contributed by atoms with Gasteiger partial charge in [0.25, 0.3) is 0 Å². The fraction of sp³-hybridized carbons (Fsp3) is 0.944. The Kier molecular flexibility index (Phi) is 9.84. The van der Waals surface area contributed by atoms with Crippen LogP contribution < -0.4 is 0 Å². The van der Waals surface area contributed by atoms with Crippen molar-refractivity contribution in [2.45, 2.75) is 85.0 Å². The van der Waals surface area contributed by atoms with E-state index >= 15 is 0 Å². The molecule has 0 aromatic rings. The zero-order valence-corrected chi connectivity index (χ0v) is 17.7. The summed E-state index contributed by atoms with van der Waals surface area (Å²) in [5, 5.41) is 130. The average Bonchev–Trinajstić information content (AvgIpc) is 2.83. The minimum Gasteiger partial charge on any atom is -0.394 e. The molecule has 2 aliphatic heterocycles. The molecule has 2 saturated heterocycles. The molecule has 13 N–H and O–H groups in total. The van der Waals surface area contributed by atoms with Gasteiger partial charge in [-0.1, -0.05) is 0 Å². The molecule has 2 fully saturated rings. The van der Waals surface area contributed by atoms with Crippen LogP contribution in [-0.4, -0.2) is 177 Å². The molecule has 0 saturated carbocycles. The number of ether oxygens (including phenoxy) is 2. The maximum atomic E-state index is 13.4. The first kappa shape index (κ1) is 29.3. The normalized spacial score (nSPS) is 43.6. The maximum Gasteiger partial charge on any atom is 0.201 e. The summed E-state index contributed by atoms with van der Waals surface area (Å²) in [6, 6.07) is 0. The molecular formula is C18H32O16. The quantitative estimate of drug-likeness (QED) is 0.139. The number of rotatable bonds is 9. The van der Waals surface area contributed by atoms with Gasteiger partial charge in [0.1, 0.15) is 79.4 Å². The van der Waals surface area contributed by atoms with Crippen LogP contribution in [0.1, 0.15) is 0 Å². The molecule has 2 unspecified atom stereocenters. The molecule has 0 bridgehead atoms. The molecule has 0 spiro atoms. The number of carbonyl (C=O) groups excluding carboxylic acids is 1. The second-order valence-electron chi connectivity index (χ2n) is 8.37. The molecule has 200 valence electrons. The Labute approximate surface area is 192 Å². The van der Waals surface area contributed by atoms with E-state index in [0.29, 0.717) is 0 Å². The van der Waals surface area contributed by atoms with Crippen LogP contribution in [0.25, 0.3) is 0 Å². The van der Waals surface area contributed by atoms with Crippen LogP contribution in [0, 0.1) is 0 Å². The van der Waals surface area contributed by atoms with Crippen molar-refractivity contribution < 1.29 is 80.7 Å². The van der Waals surface area contributed by atoms with Gasteiger partial charge in [-0.2, -0.15) is 0 Å². The Bertz CT molecular complexity index is 676. The van der Waals surface area contributed by atoms with Gasteiger partial charge in [-0.25, -0.2) is 0 Å². The molecule has 2 aliphatic rings. The molecule has 0 radical (unpaired) electrons. The van der Waals surface area contributed by atoms with Crippen molar-refractivity contribution in [3.8, 4) is 0 Å². The number of ketones is 1. The van der Waals surface area contributed by atoms with Crippen LogP contribution in [-0.2, 0) is 14.3 Å². The summed E-state index contributed by atoms with van der Waals surface area (Å²) in [5.41, 5.74) is -3.61. The van der Waals surface area contributed by atoms with Gasteiger partial charge < -0.3 is 75.9 Å². The monoisotopic (exact) mass is 504 g/mol. The fourth-order valence-electron chi connectivity index (χ4n) is 4.04. The molecule has 2 heterocycles. The van der Waals surface area contributed by atoms with Crippen molar-refractivity contribution in [3.05, 3.63) is 0 Å². The van der Waals surface area contributed by atoms with Gasteiger partial charge in [0.2, 0.25) is 5.78 Å². The number of hydrogen-bond acceptors (Lipinski definition) is 16. The van der Waals surface area contributed by atoms with Gasteiger partial charge in [0.05, 0.1) is 19.8 Å². The van der Waals surface area contributed by atoms with Crippen molar-refractivity contribution >= 4 is 5.78 Å². The third kappa shape index (κ3) is 4.99. The van der Waals surface area contributed by atoms with Crippen molar-refractivity contribution in [2.24, 2.45) is 0 Å². The molecule has 16 heteroatoms. The van der Waals surface area contributed by atoms with E-state index in [1.54, 1.807) is 0 Å². The molecule has 0 aromatic carbocycles. The van der Waals surface area contributed by atoms with Crippen molar-refractivity contribution in [1.82, 2.24) is 0 Å². The molecule has 0 amide bonds. The van der Waals surface area contributed by atoms with Crippen LogP contribution in [0.5, 0.6) is 0 Å². The molecule has 16 nitrogen and oxygen atoms in total. The first-order valence-electron chi connectivity index (χ1n) is 10.3. The zero-order valence-electron chi connectivity index (χ0n) is 17.7. The lowest BCUT2D eigenvalue weighted by molar-refractivity contribution is -0.293. The number of aliphatic hydroxyl groups is 13. The van der Waals surface area contributed by atoms with Crippen LogP contribution in [0.3, 0.4) is 0 Å². The Morgan fingerprint density at radius 2 is 1.21 bits per heavy atom. The molecule has 2 rings (SSSR count). The minimum absolute atomic E-state index is 0.985. The lowest BCUT2D eigenvalue weighted by Gasteiger charge is -2.50. The summed E-state index contributed by atoms with van der Waals surface area (Å²) in [5.74, 6) is -1.81. The summed E-state index contributed by atoms with van der Waals surface area (Å²) in [6.07, 6.45) is -28.6. The average molecular weight is 504 g/mol. The summed E-state index contributed by atoms with van der Waals surface area (Å²) in [7, 11) is 0. The van der Waals surface area contributed by atoms with Crippen molar-refractivity contribution in [3.63, 3.8) is 0 Å². The number of aliphatic hydroxyl groups excluding tert-OH is 12. The number of carbonyl (C=O) groups is 1. The standard InChI is InChI=1S/C18H32O16/c19-1-4(22)7(23)15(30)18(32,17-13(29)11(27)9(25)6(3-21)34-17)16(31)14-12(28)10(26)8(24)5(2-20)33-14/h4-15,17,19-30,32H,1-3H2/t4-,5-,6-,7+,8-,9+,10+,11+,12-,13-,14?,15+,17?,18-/m1/s1. The first-order chi connectivity index (χ1) is 15.8. The predicted molar refractivity (Wildman–Crippen MR) is 103 cm³/mol. The van der Waals surface area contributed by atoms with Crippen LogP contribution in [0.15, 0.2) is 0 Å². The molecule has 0 aliphatic carbocycles. The second-order valence-corrected chi connectivity index (χ2v) is 8.37. The molecule has 0 aromatic heterocycles. The third-order valence-electron chi connectivity index (χ3n) is 6.23. The van der Waals surface area contributed by atoms with Crippen molar-refractivity contribution in [2.75, 3.05) is 19.8 Å². The number of Topliss-reactive ketones (excluding diaryl/α,β-unsaturated/α-hetero) is 1. The smallest absolute Gasteiger partial charge is 0.201 e. The Hall–Kier alpha value is -0.930. The Morgan fingerprint density at radius 3 is 1.68 bits per heavy atom. The van der Waals surface area contributed by atoms with Gasteiger partial charge in [0, 0.05) is 0 Å². The fourth-order valence-corrected chi connectivity index (χ4v) is 4.04. The SMILES string of the molecule is O=C(C1O[C@H](CO)[C@@H](O)[C@H](O)[C@H]1O)[C@@](O)(C1O[C@H](CO)[C@H](O)[C@H](O)[C@H]1O)[C@@H](O)[C@@H](O)[C@H](O)CO. The van der Waals surface area contributed by atoms with Crippen molar-refractivity contribution in [1.29, 1.82) is 0 Å². The van der Waals surface area contributed by atoms with Crippen LogP contribution >= 0.6 is 0 Å². The van der Waals surface area contributed by atoms with Gasteiger partial charge >= 0.3 is 0 Å². The van der Waals surface area contributed by atoms with E-state index in [4.69, 9.17) is 14.6 Å². The molecule has 34 heavy (non-hydrogen) atoms. The van der Waals surface area contributed by atoms with Gasteiger partial charge in [-0.05, 0) is 0 Å². The van der Waals surface area contributed by atoms with Gasteiger partial charge in [0.15, 0.2) is 5.60 Å². The highest BCUT2D eigenvalue weighted by molar-refractivity contribution is 5.93. The van der Waals surface area contributed by atoms with Crippen LogP contribution in [0.2, 0.25) is 0 Å². The maximum absolute atomic E-state index is 13.4. The van der Waals surface area contributed by atoms with E-state index in [2.05, 4.69) is 0 Å². The predicted octanol–water partition coefficient (Wildman–Crippen LogP) is -8.95. The van der Waals surface area contributed by atoms with E-state index in [0.717, 1.165) is 0 Å². The van der Waals surface area contributed by atoms with E-state index in [1.807, 2.05) is 0 Å². The van der Waals surface area contributed by atoms with E-state index in [9.17, 15) is 66.1 Å². The lowest BCUT2D eigenvalue weighted by Crippen LogP contribution is -2.75. The van der Waals surface area contributed by atoms with E-state index < -0.39 is 111 Å². The third-order valence-corrected chi connectivity index (χ3v) is 6.23. The first-order valence-corrected chi connectivity index (χ1v) is 10.3. The highest BCUT2D eigenvalue weighted by Crippen LogP contribution is 2.36. The lowest BCUT2D eigenvalue weighted by atomic mass is 9.73.